The highest BCUT2D eigenvalue weighted by Gasteiger charge is 2.13. The number of thiophene rings is 1. The number of aromatic nitrogens is 3. The van der Waals surface area contributed by atoms with Gasteiger partial charge in [0.15, 0.2) is 5.65 Å². The summed E-state index contributed by atoms with van der Waals surface area (Å²) in [6.45, 7) is 2.87. The van der Waals surface area contributed by atoms with Gasteiger partial charge in [0.1, 0.15) is 11.3 Å². The van der Waals surface area contributed by atoms with E-state index < -0.39 is 0 Å². The molecule has 0 radical (unpaired) electrons. The van der Waals surface area contributed by atoms with Gasteiger partial charge >= 0.3 is 0 Å². The lowest BCUT2D eigenvalue weighted by Crippen LogP contribution is -2.06. The van der Waals surface area contributed by atoms with Crippen molar-refractivity contribution in [3.8, 4) is 0 Å². The van der Waals surface area contributed by atoms with E-state index in [1.807, 2.05) is 12.3 Å². The van der Waals surface area contributed by atoms with E-state index in [0.717, 1.165) is 35.5 Å². The third kappa shape index (κ3) is 2.38. The van der Waals surface area contributed by atoms with Crippen molar-refractivity contribution in [2.45, 2.75) is 19.9 Å². The predicted octanol–water partition coefficient (Wildman–Crippen LogP) is 3.63. The van der Waals surface area contributed by atoms with Crippen molar-refractivity contribution in [3.05, 3.63) is 46.0 Å². The van der Waals surface area contributed by atoms with Crippen LogP contribution in [0.4, 0.5) is 0 Å². The molecule has 0 bridgehead atoms. The molecule has 0 saturated heterocycles. The van der Waals surface area contributed by atoms with Crippen LogP contribution in [0.5, 0.6) is 0 Å². The van der Waals surface area contributed by atoms with Crippen molar-refractivity contribution < 1.29 is 0 Å². The minimum atomic E-state index is 0.575. The first-order valence-corrected chi connectivity index (χ1v) is 7.65. The smallest absolute Gasteiger partial charge is 0.160 e. The first kappa shape index (κ1) is 12.6. The Kier molecular flexibility index (Phi) is 3.53. The Balaban J connectivity index is 2.13. The Morgan fingerprint density at radius 3 is 3.00 bits per heavy atom. The van der Waals surface area contributed by atoms with Gasteiger partial charge < -0.3 is 4.57 Å². The second-order valence-electron chi connectivity index (χ2n) is 4.48. The SMILES string of the molecule is Cc1ccnc2c1nc(CCCl)n2Cc1ccsc1. The fraction of sp³-hybridized carbons (Fsp3) is 0.286. The molecule has 3 aromatic rings. The fourth-order valence-electron chi connectivity index (χ4n) is 2.19. The van der Waals surface area contributed by atoms with Crippen molar-refractivity contribution >= 4 is 34.1 Å². The summed E-state index contributed by atoms with van der Waals surface area (Å²) in [5.74, 6) is 1.59. The lowest BCUT2D eigenvalue weighted by Gasteiger charge is -2.06. The highest BCUT2D eigenvalue weighted by atomic mass is 35.5. The quantitative estimate of drug-likeness (QED) is 0.687. The molecular formula is C14H14ClN3S. The Morgan fingerprint density at radius 2 is 2.26 bits per heavy atom. The van der Waals surface area contributed by atoms with Gasteiger partial charge in [-0.1, -0.05) is 0 Å². The zero-order valence-electron chi connectivity index (χ0n) is 10.6. The number of pyridine rings is 1. The van der Waals surface area contributed by atoms with Crippen LogP contribution in [0.3, 0.4) is 0 Å². The number of hydrogen-bond donors (Lipinski definition) is 0. The van der Waals surface area contributed by atoms with E-state index in [1.165, 1.54) is 5.56 Å². The van der Waals surface area contributed by atoms with Crippen LogP contribution >= 0.6 is 22.9 Å². The molecule has 0 aliphatic heterocycles. The van der Waals surface area contributed by atoms with Crippen molar-refractivity contribution in [2.75, 3.05) is 5.88 Å². The molecule has 0 atom stereocenters. The molecule has 0 unspecified atom stereocenters. The summed E-state index contributed by atoms with van der Waals surface area (Å²) in [6.07, 6.45) is 2.61. The van der Waals surface area contributed by atoms with E-state index in [0.29, 0.717) is 5.88 Å². The standard InChI is InChI=1S/C14H14ClN3S/c1-10-3-6-16-14-13(10)17-12(2-5-15)18(14)8-11-4-7-19-9-11/h3-4,6-7,9H,2,5,8H2,1H3. The molecule has 3 nitrogen and oxygen atoms in total. The van der Waals surface area contributed by atoms with Crippen LogP contribution < -0.4 is 0 Å². The summed E-state index contributed by atoms with van der Waals surface area (Å²) in [7, 11) is 0. The summed E-state index contributed by atoms with van der Waals surface area (Å²) in [5.41, 5.74) is 4.37. The summed E-state index contributed by atoms with van der Waals surface area (Å²) in [5, 5.41) is 4.25. The van der Waals surface area contributed by atoms with Gasteiger partial charge in [0.2, 0.25) is 0 Å². The monoisotopic (exact) mass is 291 g/mol. The molecule has 19 heavy (non-hydrogen) atoms. The third-order valence-electron chi connectivity index (χ3n) is 3.15. The van der Waals surface area contributed by atoms with Crippen molar-refractivity contribution in [3.63, 3.8) is 0 Å². The molecule has 0 aliphatic carbocycles. The van der Waals surface area contributed by atoms with Crippen LogP contribution in [0.15, 0.2) is 29.1 Å². The van der Waals surface area contributed by atoms with E-state index in [1.54, 1.807) is 11.3 Å². The molecule has 5 heteroatoms. The average molecular weight is 292 g/mol. The minimum Gasteiger partial charge on any atom is -0.308 e. The fourth-order valence-corrected chi connectivity index (χ4v) is 3.02. The van der Waals surface area contributed by atoms with Gasteiger partial charge in [0.05, 0.1) is 6.54 Å². The Labute approximate surface area is 120 Å². The van der Waals surface area contributed by atoms with Gasteiger partial charge in [-0.15, -0.1) is 11.6 Å². The lowest BCUT2D eigenvalue weighted by molar-refractivity contribution is 0.749. The Hall–Kier alpha value is -1.39. The van der Waals surface area contributed by atoms with Crippen LogP contribution in [-0.2, 0) is 13.0 Å². The van der Waals surface area contributed by atoms with Crippen LogP contribution in [-0.4, -0.2) is 20.4 Å². The number of halogens is 1. The largest absolute Gasteiger partial charge is 0.308 e. The van der Waals surface area contributed by atoms with E-state index in [9.17, 15) is 0 Å². The highest BCUT2D eigenvalue weighted by Crippen LogP contribution is 2.20. The topological polar surface area (TPSA) is 30.7 Å². The molecule has 0 amide bonds. The van der Waals surface area contributed by atoms with Gasteiger partial charge in [0.25, 0.3) is 0 Å². The van der Waals surface area contributed by atoms with Crippen LogP contribution in [0.2, 0.25) is 0 Å². The van der Waals surface area contributed by atoms with E-state index >= 15 is 0 Å². The number of fused-ring (bicyclic) bond motifs is 1. The van der Waals surface area contributed by atoms with Gasteiger partial charge in [0, 0.05) is 18.5 Å². The molecule has 0 fully saturated rings. The average Bonchev–Trinajstić information content (AvgIpc) is 3.01. The second kappa shape index (κ2) is 5.31. The number of imidazole rings is 1. The Bertz CT molecular complexity index is 688. The van der Waals surface area contributed by atoms with E-state index in [-0.39, 0.29) is 0 Å². The maximum absolute atomic E-state index is 5.89. The number of alkyl halides is 1. The normalized spacial score (nSPS) is 11.3. The summed E-state index contributed by atoms with van der Waals surface area (Å²) in [4.78, 5) is 9.19. The van der Waals surface area contributed by atoms with Gasteiger partial charge in [-0.05, 0) is 40.9 Å². The number of aryl methyl sites for hydroxylation is 2. The van der Waals surface area contributed by atoms with E-state index in [4.69, 9.17) is 16.6 Å². The van der Waals surface area contributed by atoms with Crippen molar-refractivity contribution in [1.29, 1.82) is 0 Å². The first-order chi connectivity index (χ1) is 9.29. The highest BCUT2D eigenvalue weighted by molar-refractivity contribution is 7.07. The second-order valence-corrected chi connectivity index (χ2v) is 5.64. The van der Waals surface area contributed by atoms with Crippen LogP contribution in [0.25, 0.3) is 11.2 Å². The molecule has 0 aliphatic rings. The van der Waals surface area contributed by atoms with Crippen LogP contribution in [0.1, 0.15) is 17.0 Å². The third-order valence-corrected chi connectivity index (χ3v) is 4.07. The molecule has 0 N–H and O–H groups in total. The minimum absolute atomic E-state index is 0.575. The van der Waals surface area contributed by atoms with Crippen molar-refractivity contribution in [2.24, 2.45) is 0 Å². The number of hydrogen-bond acceptors (Lipinski definition) is 3. The molecule has 3 aromatic heterocycles. The molecular weight excluding hydrogens is 278 g/mol. The zero-order chi connectivity index (χ0) is 13.2. The summed E-state index contributed by atoms with van der Waals surface area (Å²) >= 11 is 7.59. The lowest BCUT2D eigenvalue weighted by atomic mass is 10.3. The Morgan fingerprint density at radius 1 is 1.37 bits per heavy atom. The molecule has 0 aromatic carbocycles. The predicted molar refractivity (Wildman–Crippen MR) is 80.1 cm³/mol. The molecule has 3 heterocycles. The van der Waals surface area contributed by atoms with Crippen molar-refractivity contribution in [1.82, 2.24) is 14.5 Å². The number of nitrogens with zero attached hydrogens (tertiary/aromatic N) is 3. The van der Waals surface area contributed by atoms with Gasteiger partial charge in [-0.25, -0.2) is 9.97 Å². The molecule has 3 rings (SSSR count). The molecule has 98 valence electrons. The van der Waals surface area contributed by atoms with Gasteiger partial charge in [-0.2, -0.15) is 11.3 Å². The number of rotatable bonds is 4. The maximum Gasteiger partial charge on any atom is 0.160 e. The maximum atomic E-state index is 5.89. The van der Waals surface area contributed by atoms with E-state index in [2.05, 4.69) is 33.3 Å². The van der Waals surface area contributed by atoms with Gasteiger partial charge in [-0.3, -0.25) is 0 Å². The summed E-state index contributed by atoms with van der Waals surface area (Å²) in [6, 6.07) is 4.13. The van der Waals surface area contributed by atoms with Crippen LogP contribution in [0, 0.1) is 6.92 Å². The zero-order valence-corrected chi connectivity index (χ0v) is 12.2. The molecule has 0 saturated carbocycles. The first-order valence-electron chi connectivity index (χ1n) is 6.17. The summed E-state index contributed by atoms with van der Waals surface area (Å²) < 4.78 is 2.17. The molecule has 0 spiro atoms.